The fraction of sp³-hybridized carbons (Fsp3) is 0.875. The standard InChI is InChI=1S/C32H54O7P2.C10H20.2C3H8/c1-22(2)29-17-16-25(5)20-31(29)38-41(37-28-14-8-11-24(4)19-28)39-32-26(12-9-15-30(32)34-6)21-35-40(33)36-27-13-7-10-23(3)18-27;1-8(2)10-6-4-9(3)5-7-10;2*1-3-2/h9,12,15,22-25,27-29,31,33H,7-8,10-11,13-14,16-21H2,1-6H3;8-10H,4-7H2,1-3H3;2*3H2,1-2H3/t23?,24?,25-,27?,28?,29?,31-,40?,41?;;;/m1.../s1. The van der Waals surface area contributed by atoms with Gasteiger partial charge in [-0.15, -0.1) is 0 Å². The van der Waals surface area contributed by atoms with E-state index in [-0.39, 0.29) is 24.9 Å². The van der Waals surface area contributed by atoms with Gasteiger partial charge in [0.1, 0.15) is 0 Å². The number of para-hydroxylation sites is 1. The Bertz CT molecular complexity index is 1140. The van der Waals surface area contributed by atoms with Crippen molar-refractivity contribution in [2.24, 2.45) is 47.3 Å². The van der Waals surface area contributed by atoms with E-state index in [1.807, 2.05) is 18.2 Å². The molecule has 4 fully saturated rings. The lowest BCUT2D eigenvalue weighted by atomic mass is 9.75. The van der Waals surface area contributed by atoms with Crippen molar-refractivity contribution in [3.05, 3.63) is 23.8 Å². The Labute approximate surface area is 355 Å². The van der Waals surface area contributed by atoms with E-state index in [0.717, 1.165) is 68.3 Å². The molecule has 7 unspecified atom stereocenters. The average molecular weight is 841 g/mol. The monoisotopic (exact) mass is 841 g/mol. The van der Waals surface area contributed by atoms with Crippen LogP contribution in [0.25, 0.3) is 0 Å². The molecule has 0 heterocycles. The minimum absolute atomic E-state index is 0.0511. The molecule has 0 saturated heterocycles. The van der Waals surface area contributed by atoms with E-state index in [2.05, 4.69) is 83.1 Å². The summed E-state index contributed by atoms with van der Waals surface area (Å²) in [5.74, 6) is 7.01. The van der Waals surface area contributed by atoms with Crippen LogP contribution in [0.15, 0.2) is 18.2 Å². The van der Waals surface area contributed by atoms with Crippen LogP contribution < -0.4 is 9.26 Å². The molecule has 1 aromatic carbocycles. The summed E-state index contributed by atoms with van der Waals surface area (Å²) >= 11 is 0. The SMILES string of the molecule is CC1CCC(C(C)C)CC1.CCC.CCC.COc1cccc(COP(O)OC2CCCC(C)C2)c1OP(OC1CCCC(C)C1)O[C@@H]1C[C@H](C)CCC1C(C)C. The van der Waals surface area contributed by atoms with Crippen molar-refractivity contribution in [2.75, 3.05) is 7.11 Å². The fourth-order valence-corrected chi connectivity index (χ4v) is 10.9. The predicted octanol–water partition coefficient (Wildman–Crippen LogP) is 16.0. The first-order valence-electron chi connectivity index (χ1n) is 23.5. The topological polar surface area (TPSA) is 75.6 Å². The average Bonchev–Trinajstić information content (AvgIpc) is 3.15. The molecule has 0 radical (unpaired) electrons. The molecule has 0 aliphatic heterocycles. The Hall–Kier alpha value is -0.520. The van der Waals surface area contributed by atoms with Crippen molar-refractivity contribution in [1.82, 2.24) is 0 Å². The largest absolute Gasteiger partial charge is 0.493 e. The van der Waals surface area contributed by atoms with Crippen molar-refractivity contribution in [3.63, 3.8) is 0 Å². The summed E-state index contributed by atoms with van der Waals surface area (Å²) < 4.78 is 37.6. The smallest absolute Gasteiger partial charge is 0.397 e. The minimum Gasteiger partial charge on any atom is -0.493 e. The maximum Gasteiger partial charge on any atom is 0.397 e. The van der Waals surface area contributed by atoms with Crippen molar-refractivity contribution >= 4 is 17.2 Å². The van der Waals surface area contributed by atoms with E-state index < -0.39 is 17.2 Å². The van der Waals surface area contributed by atoms with Crippen LogP contribution in [0, 0.1) is 47.3 Å². The molecule has 1 aromatic rings. The summed E-state index contributed by atoms with van der Waals surface area (Å²) in [5.41, 5.74) is 0.778. The highest BCUT2D eigenvalue weighted by Gasteiger charge is 2.37. The molecule has 5 rings (SSSR count). The van der Waals surface area contributed by atoms with Gasteiger partial charge < -0.3 is 23.2 Å². The Morgan fingerprint density at radius 1 is 0.649 bits per heavy atom. The molecule has 7 nitrogen and oxygen atoms in total. The van der Waals surface area contributed by atoms with E-state index in [1.54, 1.807) is 7.11 Å². The zero-order chi connectivity index (χ0) is 42.3. The highest BCUT2D eigenvalue weighted by atomic mass is 31.2. The zero-order valence-electron chi connectivity index (χ0n) is 39.1. The number of rotatable bonds is 14. The maximum absolute atomic E-state index is 10.6. The number of ether oxygens (including phenoxy) is 1. The summed E-state index contributed by atoms with van der Waals surface area (Å²) in [7, 11) is -2.03. The van der Waals surface area contributed by atoms with Gasteiger partial charge in [-0.1, -0.05) is 153 Å². The maximum atomic E-state index is 10.6. The van der Waals surface area contributed by atoms with Crippen LogP contribution in [0.3, 0.4) is 0 Å². The van der Waals surface area contributed by atoms with Gasteiger partial charge in [0, 0.05) is 5.56 Å². The molecular formula is C48H90O7P2. The number of hydrogen-bond acceptors (Lipinski definition) is 7. The second kappa shape index (κ2) is 29.7. The highest BCUT2D eigenvalue weighted by molar-refractivity contribution is 7.42. The van der Waals surface area contributed by atoms with Gasteiger partial charge in [0.25, 0.3) is 0 Å². The lowest BCUT2D eigenvalue weighted by molar-refractivity contribution is 0.0179. The van der Waals surface area contributed by atoms with E-state index in [0.29, 0.717) is 41.1 Å². The molecule has 4 aliphatic rings. The van der Waals surface area contributed by atoms with Crippen molar-refractivity contribution < 1.29 is 32.2 Å². The van der Waals surface area contributed by atoms with Gasteiger partial charge in [-0.25, -0.2) is 0 Å². The first-order chi connectivity index (χ1) is 27.2. The third kappa shape index (κ3) is 20.7. The van der Waals surface area contributed by atoms with E-state index >= 15 is 0 Å². The molecule has 334 valence electrons. The molecule has 4 aliphatic carbocycles. The lowest BCUT2D eigenvalue weighted by Crippen LogP contribution is -2.34. The van der Waals surface area contributed by atoms with Crippen molar-refractivity contribution in [3.8, 4) is 11.5 Å². The van der Waals surface area contributed by atoms with Gasteiger partial charge >= 0.3 is 17.2 Å². The number of methoxy groups -OCH3 is 1. The lowest BCUT2D eigenvalue weighted by Gasteiger charge is -2.39. The molecule has 0 amide bonds. The third-order valence-corrected chi connectivity index (χ3v) is 14.3. The zero-order valence-corrected chi connectivity index (χ0v) is 40.9. The Morgan fingerprint density at radius 3 is 1.72 bits per heavy atom. The molecule has 0 aromatic heterocycles. The van der Waals surface area contributed by atoms with Crippen LogP contribution in [-0.4, -0.2) is 30.3 Å². The number of benzene rings is 1. The van der Waals surface area contributed by atoms with Gasteiger partial charge in [-0.2, -0.15) is 0 Å². The van der Waals surface area contributed by atoms with Crippen LogP contribution in [0.1, 0.15) is 198 Å². The fourth-order valence-electron chi connectivity index (χ4n) is 8.73. The normalized spacial score (nSPS) is 30.1. The van der Waals surface area contributed by atoms with Crippen LogP contribution in [0.4, 0.5) is 0 Å². The molecule has 57 heavy (non-hydrogen) atoms. The van der Waals surface area contributed by atoms with Gasteiger partial charge in [-0.3, -0.25) is 9.05 Å². The Balaban J connectivity index is 0.000000587. The minimum atomic E-state index is -2.00. The second-order valence-corrected chi connectivity index (χ2v) is 20.9. The summed E-state index contributed by atoms with van der Waals surface area (Å²) in [4.78, 5) is 10.6. The molecular weight excluding hydrogens is 750 g/mol. The van der Waals surface area contributed by atoms with Crippen LogP contribution in [-0.2, 0) is 24.7 Å². The first-order valence-corrected chi connectivity index (χ1v) is 25.7. The van der Waals surface area contributed by atoms with Gasteiger partial charge in [0.05, 0.1) is 32.0 Å². The Kier molecular flexibility index (Phi) is 27.4. The molecule has 9 heteroatoms. The molecule has 0 bridgehead atoms. The summed E-state index contributed by atoms with van der Waals surface area (Å²) in [6.07, 6.45) is 20.8. The molecule has 4 saturated carbocycles. The first kappa shape index (κ1) is 52.6. The summed E-state index contributed by atoms with van der Waals surface area (Å²) in [6, 6.07) is 5.74. The van der Waals surface area contributed by atoms with Gasteiger partial charge in [0.15, 0.2) is 11.5 Å². The van der Waals surface area contributed by atoms with Crippen molar-refractivity contribution in [1.29, 1.82) is 0 Å². The summed E-state index contributed by atoms with van der Waals surface area (Å²) in [5, 5.41) is 0. The van der Waals surface area contributed by atoms with Crippen LogP contribution in [0.5, 0.6) is 11.5 Å². The van der Waals surface area contributed by atoms with E-state index in [4.69, 9.17) is 27.4 Å². The van der Waals surface area contributed by atoms with Crippen molar-refractivity contribution in [2.45, 2.75) is 217 Å². The second-order valence-electron chi connectivity index (χ2n) is 18.9. The summed E-state index contributed by atoms with van der Waals surface area (Å²) in [6.45, 7) is 27.2. The van der Waals surface area contributed by atoms with Crippen LogP contribution >= 0.6 is 17.2 Å². The van der Waals surface area contributed by atoms with Crippen LogP contribution in [0.2, 0.25) is 0 Å². The third-order valence-electron chi connectivity index (χ3n) is 12.2. The number of hydrogen-bond donors (Lipinski definition) is 1. The van der Waals surface area contributed by atoms with E-state index in [9.17, 15) is 4.89 Å². The van der Waals surface area contributed by atoms with Gasteiger partial charge in [-0.05, 0) is 105 Å². The predicted molar refractivity (Wildman–Crippen MR) is 244 cm³/mol. The molecule has 1 N–H and O–H groups in total. The molecule has 9 atom stereocenters. The quantitative estimate of drug-likeness (QED) is 0.187. The highest BCUT2D eigenvalue weighted by Crippen LogP contribution is 2.52. The van der Waals surface area contributed by atoms with Gasteiger partial charge in [0.2, 0.25) is 0 Å². The Morgan fingerprint density at radius 2 is 1.19 bits per heavy atom. The molecule has 0 spiro atoms. The van der Waals surface area contributed by atoms with E-state index in [1.165, 1.54) is 64.2 Å².